The monoisotopic (exact) mass is 299 g/mol. The van der Waals surface area contributed by atoms with Gasteiger partial charge in [-0.25, -0.2) is 4.79 Å². The molecule has 0 fully saturated rings. The van der Waals surface area contributed by atoms with E-state index in [9.17, 15) is 9.59 Å². The molecule has 21 heavy (non-hydrogen) atoms. The van der Waals surface area contributed by atoms with E-state index in [1.54, 1.807) is 18.2 Å². The average molecular weight is 299 g/mol. The molecule has 0 spiro atoms. The molecule has 1 unspecified atom stereocenters. The van der Waals surface area contributed by atoms with Crippen molar-refractivity contribution >= 4 is 34.8 Å². The van der Waals surface area contributed by atoms with Crippen molar-refractivity contribution in [2.75, 3.05) is 6.54 Å². The Bertz CT molecular complexity index is 699. The first kappa shape index (κ1) is 13.6. The van der Waals surface area contributed by atoms with Crippen LogP contribution in [0, 0.1) is 5.92 Å². The molecule has 1 atom stereocenters. The maximum absolute atomic E-state index is 12.2. The second-order valence-electron chi connectivity index (χ2n) is 4.54. The Kier molecular flexibility index (Phi) is 3.62. The molecule has 1 aromatic rings. The molecule has 1 aromatic heterocycles. The highest BCUT2D eigenvalue weighted by Crippen LogP contribution is 2.22. The second kappa shape index (κ2) is 5.57. The van der Waals surface area contributed by atoms with E-state index < -0.39 is 0 Å². The fourth-order valence-corrected chi connectivity index (χ4v) is 2.89. The van der Waals surface area contributed by atoms with Gasteiger partial charge in [0.05, 0.1) is 16.5 Å². The number of thiophene rings is 1. The third kappa shape index (κ3) is 2.50. The van der Waals surface area contributed by atoms with E-state index in [1.165, 1.54) is 16.2 Å². The Balaban J connectivity index is 2.03. The van der Waals surface area contributed by atoms with Crippen LogP contribution in [0.1, 0.15) is 16.6 Å². The van der Waals surface area contributed by atoms with Crippen molar-refractivity contribution in [2.24, 2.45) is 15.9 Å². The molecular weight excluding hydrogens is 286 g/mol. The molecule has 2 aliphatic rings. The van der Waals surface area contributed by atoms with Crippen LogP contribution in [0.4, 0.5) is 4.79 Å². The largest absolute Gasteiger partial charge is 0.349 e. The molecule has 3 amide bonds. The minimum absolute atomic E-state index is 0.239. The lowest BCUT2D eigenvalue weighted by molar-refractivity contribution is 0.100. The standard InChI is InChI=1S/C15H13N3O2S/c1-2-18-13(17-14(19)12-8-5-9-21-12)10-6-3-4-7-11(10)16-15(18)20/h3-10H,2H2,1H3. The number of rotatable bonds is 2. The van der Waals surface area contributed by atoms with E-state index in [4.69, 9.17) is 0 Å². The van der Waals surface area contributed by atoms with E-state index in [1.807, 2.05) is 30.5 Å². The molecule has 1 aliphatic heterocycles. The summed E-state index contributed by atoms with van der Waals surface area (Å²) in [7, 11) is 0. The van der Waals surface area contributed by atoms with E-state index in [0.717, 1.165) is 0 Å². The van der Waals surface area contributed by atoms with Crippen LogP contribution in [0.15, 0.2) is 51.8 Å². The molecule has 5 nitrogen and oxygen atoms in total. The first-order valence-electron chi connectivity index (χ1n) is 6.62. The summed E-state index contributed by atoms with van der Waals surface area (Å²) in [5.74, 6) is -0.112. The SMILES string of the molecule is CCN1C(=O)N=C2C=CC=CC2C1=NC(=O)c1cccs1. The highest BCUT2D eigenvalue weighted by Gasteiger charge is 2.33. The fourth-order valence-electron chi connectivity index (χ4n) is 2.28. The Labute approximate surface area is 126 Å². The predicted octanol–water partition coefficient (Wildman–Crippen LogP) is 2.93. The number of amidine groups is 1. The van der Waals surface area contributed by atoms with Gasteiger partial charge in [0.25, 0.3) is 5.91 Å². The summed E-state index contributed by atoms with van der Waals surface area (Å²) in [5.41, 5.74) is 0.630. The summed E-state index contributed by atoms with van der Waals surface area (Å²) in [5, 5.41) is 1.83. The second-order valence-corrected chi connectivity index (χ2v) is 5.49. The van der Waals surface area contributed by atoms with E-state index in [2.05, 4.69) is 9.98 Å². The van der Waals surface area contributed by atoms with Crippen LogP contribution in [0.5, 0.6) is 0 Å². The third-order valence-electron chi connectivity index (χ3n) is 3.27. The van der Waals surface area contributed by atoms with Crippen LogP contribution < -0.4 is 0 Å². The summed E-state index contributed by atoms with van der Waals surface area (Å²) in [6.07, 6.45) is 7.37. The van der Waals surface area contributed by atoms with Gasteiger partial charge in [-0.05, 0) is 24.4 Å². The average Bonchev–Trinajstić information content (AvgIpc) is 3.01. The zero-order valence-corrected chi connectivity index (χ0v) is 12.2. The molecule has 0 radical (unpaired) electrons. The summed E-state index contributed by atoms with van der Waals surface area (Å²) in [6.45, 7) is 2.27. The fraction of sp³-hybridized carbons (Fsp3) is 0.200. The van der Waals surface area contributed by atoms with Gasteiger partial charge in [0.15, 0.2) is 0 Å². The molecule has 6 heteroatoms. The highest BCUT2D eigenvalue weighted by molar-refractivity contribution is 7.12. The van der Waals surface area contributed by atoms with Gasteiger partial charge in [-0.2, -0.15) is 9.98 Å². The lowest BCUT2D eigenvalue weighted by Crippen LogP contribution is -2.46. The Morgan fingerprint density at radius 3 is 3.05 bits per heavy atom. The first-order valence-corrected chi connectivity index (χ1v) is 7.50. The Morgan fingerprint density at radius 2 is 2.33 bits per heavy atom. The van der Waals surface area contributed by atoms with Crippen molar-refractivity contribution in [3.63, 3.8) is 0 Å². The van der Waals surface area contributed by atoms with E-state index in [-0.39, 0.29) is 17.9 Å². The zero-order chi connectivity index (χ0) is 14.8. The molecular formula is C15H13N3O2S. The van der Waals surface area contributed by atoms with Crippen molar-refractivity contribution in [3.05, 3.63) is 46.7 Å². The summed E-state index contributed by atoms with van der Waals surface area (Å²) < 4.78 is 0. The van der Waals surface area contributed by atoms with Gasteiger partial charge in [0, 0.05) is 6.54 Å². The molecule has 0 bridgehead atoms. The summed E-state index contributed by atoms with van der Waals surface area (Å²) >= 11 is 1.34. The number of hydrogen-bond acceptors (Lipinski definition) is 3. The third-order valence-corrected chi connectivity index (χ3v) is 4.13. The highest BCUT2D eigenvalue weighted by atomic mass is 32.1. The van der Waals surface area contributed by atoms with Crippen LogP contribution in [-0.2, 0) is 0 Å². The number of carbonyl (C=O) groups is 2. The lowest BCUT2D eigenvalue weighted by atomic mass is 9.95. The van der Waals surface area contributed by atoms with Gasteiger partial charge >= 0.3 is 6.03 Å². The van der Waals surface area contributed by atoms with Gasteiger partial charge in [-0.15, -0.1) is 11.3 Å². The maximum atomic E-state index is 12.2. The van der Waals surface area contributed by atoms with Gasteiger partial charge in [-0.3, -0.25) is 9.69 Å². The summed E-state index contributed by atoms with van der Waals surface area (Å²) in [4.78, 5) is 34.5. The molecule has 1 aliphatic carbocycles. The minimum Gasteiger partial charge on any atom is -0.279 e. The van der Waals surface area contributed by atoms with Crippen LogP contribution >= 0.6 is 11.3 Å². The molecule has 2 heterocycles. The van der Waals surface area contributed by atoms with Crippen molar-refractivity contribution in [2.45, 2.75) is 6.92 Å². The van der Waals surface area contributed by atoms with Crippen LogP contribution in [0.25, 0.3) is 0 Å². The Morgan fingerprint density at radius 1 is 1.48 bits per heavy atom. The van der Waals surface area contributed by atoms with Crippen LogP contribution in [-0.4, -0.2) is 34.9 Å². The normalized spacial score (nSPS) is 22.4. The topological polar surface area (TPSA) is 62.1 Å². The van der Waals surface area contributed by atoms with Crippen molar-refractivity contribution < 1.29 is 9.59 Å². The molecule has 0 saturated heterocycles. The number of aliphatic imine (C=N–C) groups is 2. The molecule has 0 aromatic carbocycles. The molecule has 0 N–H and O–H groups in total. The molecule has 0 saturated carbocycles. The first-order chi connectivity index (χ1) is 10.2. The lowest BCUT2D eigenvalue weighted by Gasteiger charge is -2.30. The van der Waals surface area contributed by atoms with Gasteiger partial charge in [-0.1, -0.05) is 24.3 Å². The van der Waals surface area contributed by atoms with E-state index in [0.29, 0.717) is 23.0 Å². The smallest absolute Gasteiger partial charge is 0.279 e. The van der Waals surface area contributed by atoms with E-state index >= 15 is 0 Å². The maximum Gasteiger partial charge on any atom is 0.349 e. The number of fused-ring (bicyclic) bond motifs is 1. The predicted molar refractivity (Wildman–Crippen MR) is 83.1 cm³/mol. The number of hydrogen-bond donors (Lipinski definition) is 0. The molecule has 106 valence electrons. The number of carbonyl (C=O) groups excluding carboxylic acids is 2. The number of allylic oxidation sites excluding steroid dienone is 3. The van der Waals surface area contributed by atoms with Gasteiger partial charge in [0.1, 0.15) is 5.84 Å². The van der Waals surface area contributed by atoms with Crippen LogP contribution in [0.2, 0.25) is 0 Å². The van der Waals surface area contributed by atoms with Crippen molar-refractivity contribution in [3.8, 4) is 0 Å². The quantitative estimate of drug-likeness (QED) is 0.843. The van der Waals surface area contributed by atoms with Gasteiger partial charge < -0.3 is 0 Å². The van der Waals surface area contributed by atoms with Crippen LogP contribution in [0.3, 0.4) is 0 Å². The summed E-state index contributed by atoms with van der Waals surface area (Å²) in [6, 6.07) is 3.16. The Hall–Kier alpha value is -2.34. The zero-order valence-electron chi connectivity index (χ0n) is 11.4. The number of nitrogens with zero attached hydrogens (tertiary/aromatic N) is 3. The van der Waals surface area contributed by atoms with Crippen molar-refractivity contribution in [1.82, 2.24) is 4.90 Å². The van der Waals surface area contributed by atoms with Crippen molar-refractivity contribution in [1.29, 1.82) is 0 Å². The number of urea groups is 1. The van der Waals surface area contributed by atoms with Gasteiger partial charge in [0.2, 0.25) is 0 Å². The minimum atomic E-state index is -0.374. The number of amides is 3. The molecule has 3 rings (SSSR count).